The summed E-state index contributed by atoms with van der Waals surface area (Å²) in [5, 5.41) is 13.7. The maximum absolute atomic E-state index is 12.4. The summed E-state index contributed by atoms with van der Waals surface area (Å²) in [7, 11) is 0. The Hall–Kier alpha value is -3.12. The number of amides is 1. The number of hydrogen-bond acceptors (Lipinski definition) is 5. The number of benzene rings is 2. The molecule has 3 rings (SSSR count). The van der Waals surface area contributed by atoms with Crippen molar-refractivity contribution in [3.8, 4) is 5.75 Å². The first kappa shape index (κ1) is 20.6. The quantitative estimate of drug-likeness (QED) is 0.625. The summed E-state index contributed by atoms with van der Waals surface area (Å²) in [5.41, 5.74) is 2.92. The molecule has 0 aliphatic rings. The Bertz CT molecular complexity index is 1090. The fraction of sp³-hybridized carbons (Fsp3) is 0.304. The van der Waals surface area contributed by atoms with Crippen molar-refractivity contribution in [2.45, 2.75) is 39.9 Å². The van der Waals surface area contributed by atoms with Crippen molar-refractivity contribution in [3.05, 3.63) is 75.1 Å². The zero-order valence-corrected chi connectivity index (χ0v) is 17.0. The van der Waals surface area contributed by atoms with Crippen LogP contribution in [0.2, 0.25) is 0 Å². The minimum Gasteiger partial charge on any atom is -0.480 e. The molecule has 0 fully saturated rings. The zero-order valence-electron chi connectivity index (χ0n) is 17.0. The van der Waals surface area contributed by atoms with Crippen molar-refractivity contribution in [1.29, 1.82) is 0 Å². The minimum atomic E-state index is -0.796. The number of aryl methyl sites for hydroxylation is 2. The SMILES string of the molecule is Cc1c(C)c2ccc(O[C@H](C)C(=O)NC[C@@H](O)c3ccccc3)c(C)c2oc1=O. The van der Waals surface area contributed by atoms with Crippen molar-refractivity contribution in [1.82, 2.24) is 5.32 Å². The van der Waals surface area contributed by atoms with Crippen molar-refractivity contribution < 1.29 is 19.1 Å². The molecule has 0 saturated carbocycles. The molecule has 1 amide bonds. The van der Waals surface area contributed by atoms with Gasteiger partial charge in [0.05, 0.1) is 6.10 Å². The lowest BCUT2D eigenvalue weighted by Crippen LogP contribution is -2.38. The predicted octanol–water partition coefficient (Wildman–Crippen LogP) is 3.34. The number of rotatable bonds is 6. The predicted molar refractivity (Wildman–Crippen MR) is 111 cm³/mol. The number of hydrogen-bond donors (Lipinski definition) is 2. The summed E-state index contributed by atoms with van der Waals surface area (Å²) in [6, 6.07) is 12.7. The lowest BCUT2D eigenvalue weighted by molar-refractivity contribution is -0.127. The van der Waals surface area contributed by atoms with Gasteiger partial charge >= 0.3 is 5.63 Å². The lowest BCUT2D eigenvalue weighted by atomic mass is 10.0. The maximum atomic E-state index is 12.4. The maximum Gasteiger partial charge on any atom is 0.339 e. The summed E-state index contributed by atoms with van der Waals surface area (Å²) in [5.74, 6) is 0.121. The Labute approximate surface area is 169 Å². The second-order valence-electron chi connectivity index (χ2n) is 7.14. The molecule has 0 saturated heterocycles. The van der Waals surface area contributed by atoms with Gasteiger partial charge in [0, 0.05) is 23.1 Å². The fourth-order valence-corrected chi connectivity index (χ4v) is 3.13. The molecule has 3 aromatic rings. The zero-order chi connectivity index (χ0) is 21.1. The van der Waals surface area contributed by atoms with Gasteiger partial charge in [-0.3, -0.25) is 4.79 Å². The second kappa shape index (κ2) is 8.49. The summed E-state index contributed by atoms with van der Waals surface area (Å²) in [6.45, 7) is 7.11. The third kappa shape index (κ3) is 4.32. The molecular weight excluding hydrogens is 370 g/mol. The second-order valence-corrected chi connectivity index (χ2v) is 7.14. The third-order valence-corrected chi connectivity index (χ3v) is 5.15. The number of nitrogens with one attached hydrogen (secondary N) is 1. The largest absolute Gasteiger partial charge is 0.480 e. The van der Waals surface area contributed by atoms with Crippen LogP contribution in [0.3, 0.4) is 0 Å². The van der Waals surface area contributed by atoms with E-state index < -0.39 is 12.2 Å². The normalized spacial score (nSPS) is 13.1. The summed E-state index contributed by atoms with van der Waals surface area (Å²) < 4.78 is 11.3. The third-order valence-electron chi connectivity index (χ3n) is 5.15. The molecule has 152 valence electrons. The van der Waals surface area contributed by atoms with Crippen LogP contribution in [0.4, 0.5) is 0 Å². The number of fused-ring (bicyclic) bond motifs is 1. The summed E-state index contributed by atoms with van der Waals surface area (Å²) in [4.78, 5) is 24.4. The molecule has 2 atom stereocenters. The van der Waals surface area contributed by atoms with Gasteiger partial charge in [-0.1, -0.05) is 30.3 Å². The number of aliphatic hydroxyl groups excluding tert-OH is 1. The molecule has 6 nitrogen and oxygen atoms in total. The van der Waals surface area contributed by atoms with E-state index >= 15 is 0 Å². The van der Waals surface area contributed by atoms with Crippen LogP contribution in [0, 0.1) is 20.8 Å². The molecule has 2 N–H and O–H groups in total. The molecule has 0 unspecified atom stereocenters. The van der Waals surface area contributed by atoms with Crippen molar-refractivity contribution in [2.24, 2.45) is 0 Å². The molecule has 1 aromatic heterocycles. The molecular formula is C23H25NO5. The van der Waals surface area contributed by atoms with Crippen molar-refractivity contribution in [2.75, 3.05) is 6.54 Å². The van der Waals surface area contributed by atoms with E-state index in [1.165, 1.54) is 0 Å². The Balaban J connectivity index is 1.71. The van der Waals surface area contributed by atoms with Crippen molar-refractivity contribution in [3.63, 3.8) is 0 Å². The first-order chi connectivity index (χ1) is 13.8. The monoisotopic (exact) mass is 395 g/mol. The van der Waals surface area contributed by atoms with Crippen LogP contribution in [0.15, 0.2) is 51.7 Å². The topological polar surface area (TPSA) is 88.8 Å². The van der Waals surface area contributed by atoms with Crippen molar-refractivity contribution >= 4 is 16.9 Å². The molecule has 6 heteroatoms. The van der Waals surface area contributed by atoms with Gasteiger partial charge in [0.25, 0.3) is 5.91 Å². The molecule has 29 heavy (non-hydrogen) atoms. The molecule has 0 aliphatic heterocycles. The van der Waals surface area contributed by atoms with Crippen LogP contribution < -0.4 is 15.7 Å². The highest BCUT2D eigenvalue weighted by Crippen LogP contribution is 2.29. The highest BCUT2D eigenvalue weighted by molar-refractivity contribution is 5.86. The van der Waals surface area contributed by atoms with Gasteiger partial charge in [-0.05, 0) is 51.0 Å². The van der Waals surface area contributed by atoms with E-state index in [9.17, 15) is 14.7 Å². The smallest absolute Gasteiger partial charge is 0.339 e. The highest BCUT2D eigenvalue weighted by Gasteiger charge is 2.19. The van der Waals surface area contributed by atoms with Crippen LogP contribution in [0.25, 0.3) is 11.0 Å². The first-order valence-corrected chi connectivity index (χ1v) is 9.50. The van der Waals surface area contributed by atoms with Gasteiger partial charge < -0.3 is 19.6 Å². The van der Waals surface area contributed by atoms with E-state index in [-0.39, 0.29) is 18.1 Å². The van der Waals surface area contributed by atoms with Gasteiger partial charge in [-0.25, -0.2) is 4.79 Å². The average molecular weight is 395 g/mol. The average Bonchev–Trinajstić information content (AvgIpc) is 2.73. The highest BCUT2D eigenvalue weighted by atomic mass is 16.5. The Kier molecular flexibility index (Phi) is 6.03. The number of carbonyl (C=O) groups is 1. The van der Waals surface area contributed by atoms with E-state index in [1.807, 2.05) is 31.2 Å². The van der Waals surface area contributed by atoms with Gasteiger partial charge in [-0.2, -0.15) is 0 Å². The van der Waals surface area contributed by atoms with Crippen LogP contribution in [0.1, 0.15) is 35.3 Å². The van der Waals surface area contributed by atoms with Crippen LogP contribution >= 0.6 is 0 Å². The van der Waals surface area contributed by atoms with E-state index in [2.05, 4.69) is 5.32 Å². The van der Waals surface area contributed by atoms with E-state index in [1.54, 1.807) is 39.0 Å². The number of carbonyl (C=O) groups excluding carboxylic acids is 1. The Morgan fingerprint density at radius 1 is 1.07 bits per heavy atom. The molecule has 0 aliphatic carbocycles. The summed E-state index contributed by atoms with van der Waals surface area (Å²) in [6.07, 6.45) is -1.58. The molecule has 2 aromatic carbocycles. The van der Waals surface area contributed by atoms with E-state index in [0.29, 0.717) is 22.5 Å². The summed E-state index contributed by atoms with van der Waals surface area (Å²) >= 11 is 0. The van der Waals surface area contributed by atoms with Gasteiger partial charge in [0.1, 0.15) is 11.3 Å². The van der Waals surface area contributed by atoms with E-state index in [4.69, 9.17) is 9.15 Å². The fourth-order valence-electron chi connectivity index (χ4n) is 3.13. The van der Waals surface area contributed by atoms with Crippen LogP contribution in [0.5, 0.6) is 5.75 Å². The standard InChI is InChI=1S/C23H25NO5/c1-13-14(2)23(27)29-21-15(3)20(11-10-18(13)21)28-16(4)22(26)24-12-19(25)17-8-6-5-7-9-17/h5-11,16,19,25H,12H2,1-4H3,(H,24,26)/t16-,19-/m1/s1. The first-order valence-electron chi connectivity index (χ1n) is 9.50. The van der Waals surface area contributed by atoms with Gasteiger partial charge in [0.15, 0.2) is 6.10 Å². The molecule has 1 heterocycles. The van der Waals surface area contributed by atoms with Crippen LogP contribution in [-0.4, -0.2) is 23.7 Å². The number of ether oxygens (including phenoxy) is 1. The Morgan fingerprint density at radius 2 is 1.76 bits per heavy atom. The van der Waals surface area contributed by atoms with Gasteiger partial charge in [-0.15, -0.1) is 0 Å². The molecule has 0 radical (unpaired) electrons. The number of aliphatic hydroxyl groups is 1. The minimum absolute atomic E-state index is 0.0839. The Morgan fingerprint density at radius 3 is 2.45 bits per heavy atom. The lowest BCUT2D eigenvalue weighted by Gasteiger charge is -2.18. The van der Waals surface area contributed by atoms with Crippen LogP contribution in [-0.2, 0) is 4.79 Å². The molecule has 0 spiro atoms. The molecule has 0 bridgehead atoms. The van der Waals surface area contributed by atoms with E-state index in [0.717, 1.165) is 16.5 Å². The van der Waals surface area contributed by atoms with Gasteiger partial charge in [0.2, 0.25) is 0 Å².